The van der Waals surface area contributed by atoms with Gasteiger partial charge in [-0.15, -0.1) is 0 Å². The highest BCUT2D eigenvalue weighted by Crippen LogP contribution is 2.23. The predicted octanol–water partition coefficient (Wildman–Crippen LogP) is 4.38. The van der Waals surface area contributed by atoms with Crippen molar-refractivity contribution in [3.63, 3.8) is 0 Å². The number of nitrogens with zero attached hydrogens (tertiary/aromatic N) is 1. The smallest absolute Gasteiger partial charge is 0.121 e. The lowest BCUT2D eigenvalue weighted by Gasteiger charge is -2.20. The molecule has 0 heterocycles. The van der Waals surface area contributed by atoms with Gasteiger partial charge in [0.15, 0.2) is 0 Å². The Hall–Kier alpha value is -2.11. The van der Waals surface area contributed by atoms with Crippen LogP contribution in [0.15, 0.2) is 54.6 Å². The van der Waals surface area contributed by atoms with E-state index in [1.165, 1.54) is 11.1 Å². The zero-order chi connectivity index (χ0) is 16.0. The SMILES string of the molecule is CC(C)(C)c1ccc(C(C#N)NCCc2ccccc2)cc1. The summed E-state index contributed by atoms with van der Waals surface area (Å²) < 4.78 is 0. The predicted molar refractivity (Wildman–Crippen MR) is 91.6 cm³/mol. The molecule has 2 rings (SSSR count). The first-order chi connectivity index (χ1) is 10.5. The van der Waals surface area contributed by atoms with Crippen molar-refractivity contribution in [1.29, 1.82) is 5.26 Å². The minimum absolute atomic E-state index is 0.140. The minimum Gasteiger partial charge on any atom is -0.298 e. The highest BCUT2D eigenvalue weighted by atomic mass is 14.9. The molecule has 0 fully saturated rings. The van der Waals surface area contributed by atoms with Gasteiger partial charge in [-0.25, -0.2) is 0 Å². The van der Waals surface area contributed by atoms with Crippen LogP contribution in [0, 0.1) is 11.3 Å². The average molecular weight is 292 g/mol. The highest BCUT2D eigenvalue weighted by Gasteiger charge is 2.15. The Morgan fingerprint density at radius 2 is 1.64 bits per heavy atom. The largest absolute Gasteiger partial charge is 0.298 e. The van der Waals surface area contributed by atoms with E-state index in [-0.39, 0.29) is 11.5 Å². The quantitative estimate of drug-likeness (QED) is 0.887. The Balaban J connectivity index is 1.96. The maximum Gasteiger partial charge on any atom is 0.121 e. The van der Waals surface area contributed by atoms with Crippen LogP contribution in [0.3, 0.4) is 0 Å². The molecule has 2 heteroatoms. The van der Waals surface area contributed by atoms with Crippen LogP contribution in [0.5, 0.6) is 0 Å². The maximum atomic E-state index is 9.39. The molecule has 0 bridgehead atoms. The first-order valence-electron chi connectivity index (χ1n) is 7.78. The van der Waals surface area contributed by atoms with E-state index in [9.17, 15) is 5.26 Å². The number of hydrogen-bond acceptors (Lipinski definition) is 2. The van der Waals surface area contributed by atoms with E-state index in [0.717, 1.165) is 18.5 Å². The molecule has 0 spiro atoms. The van der Waals surface area contributed by atoms with Gasteiger partial charge in [0.25, 0.3) is 0 Å². The van der Waals surface area contributed by atoms with Gasteiger partial charge in [0.2, 0.25) is 0 Å². The molecule has 2 aromatic rings. The number of rotatable bonds is 5. The van der Waals surface area contributed by atoms with Crippen LogP contribution in [-0.2, 0) is 11.8 Å². The van der Waals surface area contributed by atoms with Gasteiger partial charge in [-0.3, -0.25) is 5.32 Å². The summed E-state index contributed by atoms with van der Waals surface area (Å²) in [6.07, 6.45) is 0.930. The molecule has 0 radical (unpaired) electrons. The zero-order valence-electron chi connectivity index (χ0n) is 13.6. The number of benzene rings is 2. The van der Waals surface area contributed by atoms with Gasteiger partial charge in [0, 0.05) is 6.54 Å². The molecule has 22 heavy (non-hydrogen) atoms. The van der Waals surface area contributed by atoms with Gasteiger partial charge in [-0.2, -0.15) is 5.26 Å². The fraction of sp³-hybridized carbons (Fsp3) is 0.350. The third-order valence-corrected chi connectivity index (χ3v) is 3.84. The van der Waals surface area contributed by atoms with Crippen molar-refractivity contribution >= 4 is 0 Å². The summed E-state index contributed by atoms with van der Waals surface area (Å²) in [5.74, 6) is 0. The van der Waals surface area contributed by atoms with Crippen molar-refractivity contribution < 1.29 is 0 Å². The normalized spacial score (nSPS) is 12.6. The minimum atomic E-state index is -0.252. The second-order valence-electron chi connectivity index (χ2n) is 6.62. The van der Waals surface area contributed by atoms with Crippen LogP contribution in [0.4, 0.5) is 0 Å². The van der Waals surface area contributed by atoms with Crippen LogP contribution in [0.25, 0.3) is 0 Å². The Kier molecular flexibility index (Phi) is 5.35. The molecule has 2 nitrogen and oxygen atoms in total. The summed E-state index contributed by atoms with van der Waals surface area (Å²) in [5.41, 5.74) is 3.75. The van der Waals surface area contributed by atoms with Gasteiger partial charge in [0.05, 0.1) is 6.07 Å². The third kappa shape index (κ3) is 4.44. The molecule has 2 aromatic carbocycles. The van der Waals surface area contributed by atoms with Gasteiger partial charge in [0.1, 0.15) is 6.04 Å². The maximum absolute atomic E-state index is 9.39. The number of hydrogen-bond donors (Lipinski definition) is 1. The summed E-state index contributed by atoms with van der Waals surface area (Å²) in [6, 6.07) is 20.8. The standard InChI is InChI=1S/C20H24N2/c1-20(2,3)18-11-9-17(10-12-18)19(15-21)22-14-13-16-7-5-4-6-8-16/h4-12,19,22H,13-14H2,1-3H3. The Morgan fingerprint density at radius 3 is 2.18 bits per heavy atom. The zero-order valence-corrected chi connectivity index (χ0v) is 13.6. The molecule has 0 saturated carbocycles. The topological polar surface area (TPSA) is 35.8 Å². The van der Waals surface area contributed by atoms with Crippen molar-refractivity contribution in [2.75, 3.05) is 6.54 Å². The average Bonchev–Trinajstić information content (AvgIpc) is 2.52. The van der Waals surface area contributed by atoms with Crippen molar-refractivity contribution in [2.45, 2.75) is 38.6 Å². The summed E-state index contributed by atoms with van der Waals surface area (Å²) in [4.78, 5) is 0. The van der Waals surface area contributed by atoms with E-state index in [4.69, 9.17) is 0 Å². The molecule has 0 amide bonds. The van der Waals surface area contributed by atoms with Gasteiger partial charge < -0.3 is 0 Å². The lowest BCUT2D eigenvalue weighted by Crippen LogP contribution is -2.22. The molecule has 0 aliphatic carbocycles. The third-order valence-electron chi connectivity index (χ3n) is 3.84. The van der Waals surface area contributed by atoms with Crippen LogP contribution in [0.2, 0.25) is 0 Å². The lowest BCUT2D eigenvalue weighted by atomic mass is 9.86. The van der Waals surface area contributed by atoms with Crippen LogP contribution < -0.4 is 5.32 Å². The van der Waals surface area contributed by atoms with E-state index in [1.807, 2.05) is 18.2 Å². The van der Waals surface area contributed by atoms with Crippen molar-refractivity contribution in [2.24, 2.45) is 0 Å². The first-order valence-corrected chi connectivity index (χ1v) is 7.78. The van der Waals surface area contributed by atoms with Crippen molar-refractivity contribution in [3.05, 3.63) is 71.3 Å². The molecule has 1 atom stereocenters. The van der Waals surface area contributed by atoms with Crippen molar-refractivity contribution in [3.8, 4) is 6.07 Å². The molecule has 0 aromatic heterocycles. The molecule has 0 aliphatic heterocycles. The van der Waals surface area contributed by atoms with E-state index in [2.05, 4.69) is 68.6 Å². The summed E-state index contributed by atoms with van der Waals surface area (Å²) in [6.45, 7) is 7.38. The van der Waals surface area contributed by atoms with Gasteiger partial charge in [-0.05, 0) is 28.5 Å². The Bertz CT molecular complexity index is 615. The summed E-state index contributed by atoms with van der Waals surface area (Å²) >= 11 is 0. The number of nitrogens with one attached hydrogen (secondary N) is 1. The molecule has 1 N–H and O–H groups in total. The molecular weight excluding hydrogens is 268 g/mol. The van der Waals surface area contributed by atoms with Gasteiger partial charge >= 0.3 is 0 Å². The van der Waals surface area contributed by atoms with E-state index in [0.29, 0.717) is 0 Å². The summed E-state index contributed by atoms with van der Waals surface area (Å²) in [5, 5.41) is 12.7. The highest BCUT2D eigenvalue weighted by molar-refractivity contribution is 5.31. The van der Waals surface area contributed by atoms with Crippen LogP contribution in [0.1, 0.15) is 43.5 Å². The summed E-state index contributed by atoms with van der Waals surface area (Å²) in [7, 11) is 0. The van der Waals surface area contributed by atoms with Crippen molar-refractivity contribution in [1.82, 2.24) is 5.32 Å². The first kappa shape index (κ1) is 16.3. The van der Waals surface area contributed by atoms with E-state index in [1.54, 1.807) is 0 Å². The molecule has 114 valence electrons. The van der Waals surface area contributed by atoms with E-state index < -0.39 is 0 Å². The van der Waals surface area contributed by atoms with Crippen LogP contribution >= 0.6 is 0 Å². The fourth-order valence-corrected chi connectivity index (χ4v) is 2.42. The molecular formula is C20H24N2. The molecule has 1 unspecified atom stereocenters. The Morgan fingerprint density at radius 1 is 1.00 bits per heavy atom. The number of nitriles is 1. The molecule has 0 saturated heterocycles. The van der Waals surface area contributed by atoms with Gasteiger partial charge in [-0.1, -0.05) is 75.4 Å². The van der Waals surface area contributed by atoms with Crippen LogP contribution in [-0.4, -0.2) is 6.54 Å². The lowest BCUT2D eigenvalue weighted by molar-refractivity contribution is 0.588. The molecule has 0 aliphatic rings. The second kappa shape index (κ2) is 7.24. The fourth-order valence-electron chi connectivity index (χ4n) is 2.42. The van der Waals surface area contributed by atoms with E-state index >= 15 is 0 Å². The second-order valence-corrected chi connectivity index (χ2v) is 6.62. The Labute approximate surface area is 133 Å². The monoisotopic (exact) mass is 292 g/mol.